The van der Waals surface area contributed by atoms with Gasteiger partial charge in [0, 0.05) is 6.04 Å². The summed E-state index contributed by atoms with van der Waals surface area (Å²) in [4.78, 5) is 0. The zero-order valence-electron chi connectivity index (χ0n) is 10.8. The van der Waals surface area contributed by atoms with Gasteiger partial charge < -0.3 is 9.73 Å². The molecule has 108 valence electrons. The van der Waals surface area contributed by atoms with E-state index in [0.717, 1.165) is 5.56 Å². The van der Waals surface area contributed by atoms with Crippen molar-refractivity contribution in [1.82, 2.24) is 5.32 Å². The number of sulfonamides is 1. The fraction of sp³-hybridized carbons (Fsp3) is 0.231. The summed E-state index contributed by atoms with van der Waals surface area (Å²) in [5.41, 5.74) is 0.795. The number of hydrogen-bond donors (Lipinski definition) is 2. The van der Waals surface area contributed by atoms with Gasteiger partial charge in [-0.2, -0.15) is 0 Å². The fourth-order valence-electron chi connectivity index (χ4n) is 1.75. The number of halogens is 1. The molecule has 0 spiro atoms. The smallest absolute Gasteiger partial charge is 0.271 e. The second kappa shape index (κ2) is 5.74. The summed E-state index contributed by atoms with van der Waals surface area (Å²) in [7, 11) is -3.82. The van der Waals surface area contributed by atoms with Crippen LogP contribution < -0.4 is 10.5 Å². The van der Waals surface area contributed by atoms with Gasteiger partial charge >= 0.3 is 0 Å². The highest BCUT2D eigenvalue weighted by atomic mass is 32.2. The van der Waals surface area contributed by atoms with Gasteiger partial charge in [0.25, 0.3) is 10.0 Å². The molecule has 0 fully saturated rings. The maximum atomic E-state index is 13.1. The van der Waals surface area contributed by atoms with E-state index in [-0.39, 0.29) is 17.0 Å². The van der Waals surface area contributed by atoms with E-state index in [2.05, 4.69) is 5.32 Å². The maximum absolute atomic E-state index is 13.1. The standard InChI is InChI=1S/C13H15FN2O3S/c1-9(10-3-2-4-11(14)7-10)16-8-12-5-6-13(19-12)20(15,17)18/h2-7,9,16H,8H2,1H3,(H2,15,17,18). The molecule has 1 unspecified atom stereocenters. The van der Waals surface area contributed by atoms with Crippen LogP contribution in [-0.2, 0) is 16.6 Å². The van der Waals surface area contributed by atoms with Crippen molar-refractivity contribution in [3.05, 3.63) is 53.5 Å². The molecule has 1 heterocycles. The van der Waals surface area contributed by atoms with Crippen LogP contribution in [0.1, 0.15) is 24.3 Å². The van der Waals surface area contributed by atoms with Crippen molar-refractivity contribution in [2.75, 3.05) is 0 Å². The molecule has 0 saturated heterocycles. The van der Waals surface area contributed by atoms with Crippen molar-refractivity contribution in [2.45, 2.75) is 24.6 Å². The molecule has 0 amide bonds. The molecule has 20 heavy (non-hydrogen) atoms. The Hall–Kier alpha value is -1.70. The Morgan fingerprint density at radius 3 is 2.70 bits per heavy atom. The van der Waals surface area contributed by atoms with Crippen LogP contribution in [0.15, 0.2) is 45.9 Å². The zero-order chi connectivity index (χ0) is 14.8. The summed E-state index contributed by atoms with van der Waals surface area (Å²) in [6.45, 7) is 2.19. The van der Waals surface area contributed by atoms with Gasteiger partial charge in [0.1, 0.15) is 11.6 Å². The summed E-state index contributed by atoms with van der Waals surface area (Å²) >= 11 is 0. The van der Waals surface area contributed by atoms with Crippen molar-refractivity contribution < 1.29 is 17.2 Å². The van der Waals surface area contributed by atoms with E-state index in [0.29, 0.717) is 12.3 Å². The van der Waals surface area contributed by atoms with E-state index in [1.54, 1.807) is 12.1 Å². The molecule has 1 atom stereocenters. The lowest BCUT2D eigenvalue weighted by Crippen LogP contribution is -2.18. The van der Waals surface area contributed by atoms with Gasteiger partial charge in [-0.25, -0.2) is 17.9 Å². The largest absolute Gasteiger partial charge is 0.447 e. The molecular formula is C13H15FN2O3S. The zero-order valence-corrected chi connectivity index (χ0v) is 11.7. The van der Waals surface area contributed by atoms with Crippen molar-refractivity contribution in [3.63, 3.8) is 0 Å². The van der Waals surface area contributed by atoms with Crippen molar-refractivity contribution in [2.24, 2.45) is 5.14 Å². The van der Waals surface area contributed by atoms with Crippen LogP contribution in [0.2, 0.25) is 0 Å². The number of nitrogens with two attached hydrogens (primary N) is 1. The van der Waals surface area contributed by atoms with Gasteiger partial charge in [0.05, 0.1) is 6.54 Å². The van der Waals surface area contributed by atoms with Gasteiger partial charge in [-0.1, -0.05) is 12.1 Å². The lowest BCUT2D eigenvalue weighted by Gasteiger charge is -2.13. The van der Waals surface area contributed by atoms with Crippen molar-refractivity contribution in [1.29, 1.82) is 0 Å². The summed E-state index contributed by atoms with van der Waals surface area (Å²) < 4.78 is 40.3. The van der Waals surface area contributed by atoms with Gasteiger partial charge in [0.2, 0.25) is 5.09 Å². The lowest BCUT2D eigenvalue weighted by molar-refractivity contribution is 0.393. The van der Waals surface area contributed by atoms with Crippen LogP contribution in [0.5, 0.6) is 0 Å². The molecule has 3 N–H and O–H groups in total. The van der Waals surface area contributed by atoms with E-state index in [4.69, 9.17) is 9.56 Å². The van der Waals surface area contributed by atoms with Crippen LogP contribution in [0, 0.1) is 5.82 Å². The van der Waals surface area contributed by atoms with Gasteiger partial charge in [0.15, 0.2) is 0 Å². The number of rotatable bonds is 5. The number of hydrogen-bond acceptors (Lipinski definition) is 4. The Balaban J connectivity index is 2.00. The summed E-state index contributed by atoms with van der Waals surface area (Å²) in [5.74, 6) is 0.142. The number of nitrogens with one attached hydrogen (secondary N) is 1. The van der Waals surface area contributed by atoms with Crippen LogP contribution in [0.3, 0.4) is 0 Å². The lowest BCUT2D eigenvalue weighted by atomic mass is 10.1. The van der Waals surface area contributed by atoms with E-state index in [1.807, 2.05) is 6.92 Å². The third-order valence-electron chi connectivity index (χ3n) is 2.85. The molecule has 1 aromatic heterocycles. The normalized spacial score (nSPS) is 13.3. The summed E-state index contributed by atoms with van der Waals surface area (Å²) in [5, 5.41) is 7.79. The molecule has 0 aliphatic carbocycles. The Labute approximate surface area is 116 Å². The average molecular weight is 298 g/mol. The molecule has 0 radical (unpaired) electrons. The van der Waals surface area contributed by atoms with E-state index < -0.39 is 10.0 Å². The number of benzene rings is 1. The Morgan fingerprint density at radius 1 is 1.35 bits per heavy atom. The summed E-state index contributed by atoms with van der Waals surface area (Å²) in [6.07, 6.45) is 0. The van der Waals surface area contributed by atoms with Gasteiger partial charge in [-0.05, 0) is 36.8 Å². The molecule has 0 bridgehead atoms. The molecule has 2 aromatic rings. The van der Waals surface area contributed by atoms with Gasteiger partial charge in [-0.15, -0.1) is 0 Å². The third-order valence-corrected chi connectivity index (χ3v) is 3.63. The highest BCUT2D eigenvalue weighted by molar-refractivity contribution is 7.89. The minimum absolute atomic E-state index is 0.103. The first-order valence-electron chi connectivity index (χ1n) is 5.96. The second-order valence-corrected chi connectivity index (χ2v) is 5.92. The van der Waals surface area contributed by atoms with E-state index >= 15 is 0 Å². The van der Waals surface area contributed by atoms with E-state index in [1.165, 1.54) is 24.3 Å². The molecule has 7 heteroatoms. The molecule has 0 aliphatic rings. The Morgan fingerprint density at radius 2 is 2.10 bits per heavy atom. The molecule has 0 aliphatic heterocycles. The molecule has 1 aromatic carbocycles. The first-order chi connectivity index (χ1) is 9.36. The monoisotopic (exact) mass is 298 g/mol. The number of furan rings is 1. The average Bonchev–Trinajstić information content (AvgIpc) is 2.84. The first kappa shape index (κ1) is 14.7. The van der Waals surface area contributed by atoms with Crippen LogP contribution in [0.4, 0.5) is 4.39 Å². The fourth-order valence-corrected chi connectivity index (χ4v) is 2.23. The van der Waals surface area contributed by atoms with Crippen LogP contribution in [-0.4, -0.2) is 8.42 Å². The van der Waals surface area contributed by atoms with Crippen LogP contribution in [0.25, 0.3) is 0 Å². The molecule has 5 nitrogen and oxygen atoms in total. The Kier molecular flexibility index (Phi) is 4.22. The summed E-state index contributed by atoms with van der Waals surface area (Å²) in [6, 6.07) is 8.99. The van der Waals surface area contributed by atoms with E-state index in [9.17, 15) is 12.8 Å². The molecule has 2 rings (SSSR count). The highest BCUT2D eigenvalue weighted by Gasteiger charge is 2.14. The minimum Gasteiger partial charge on any atom is -0.447 e. The van der Waals surface area contributed by atoms with Crippen molar-refractivity contribution in [3.8, 4) is 0 Å². The van der Waals surface area contributed by atoms with Gasteiger partial charge in [-0.3, -0.25) is 0 Å². The third kappa shape index (κ3) is 3.66. The minimum atomic E-state index is -3.82. The van der Waals surface area contributed by atoms with Crippen molar-refractivity contribution >= 4 is 10.0 Å². The topological polar surface area (TPSA) is 85.3 Å². The maximum Gasteiger partial charge on any atom is 0.271 e. The Bertz CT molecular complexity index is 697. The van der Waals surface area contributed by atoms with Crippen LogP contribution >= 0.6 is 0 Å². The first-order valence-corrected chi connectivity index (χ1v) is 7.51. The predicted octanol–water partition coefficient (Wildman–Crippen LogP) is 1.92. The quantitative estimate of drug-likeness (QED) is 0.883. The molecule has 0 saturated carbocycles. The second-order valence-electron chi connectivity index (χ2n) is 4.42. The predicted molar refractivity (Wildman–Crippen MR) is 71.7 cm³/mol. The highest BCUT2D eigenvalue weighted by Crippen LogP contribution is 2.16. The molecular weight excluding hydrogens is 283 g/mol. The number of primary sulfonamides is 1. The SMILES string of the molecule is CC(NCc1ccc(S(N)(=O)=O)o1)c1cccc(F)c1.